The Morgan fingerprint density at radius 3 is 1.53 bits per heavy atom. The Labute approximate surface area is 312 Å². The Morgan fingerprint density at radius 1 is 0.490 bits per heavy atom. The highest BCUT2D eigenvalue weighted by Gasteiger charge is 2.28. The van der Waals surface area contributed by atoms with Crippen molar-refractivity contribution in [3.63, 3.8) is 0 Å². The van der Waals surface area contributed by atoms with Crippen molar-refractivity contribution in [2.45, 2.75) is 159 Å². The SMILES string of the molecule is CC(C)(C)C1=CCc2ccc(C(C)(C)C)cc21.CC(C)(C)C1=CCc2ncc(C(C)(C)C)cc21.CC(C)(C)c1ccn2cnc(C(C)(C)C)c2c1. The first-order chi connectivity index (χ1) is 23.1. The first kappa shape index (κ1) is 40.3. The van der Waals surface area contributed by atoms with Crippen LogP contribution in [0.15, 0.2) is 67.3 Å². The molecule has 0 atom stereocenters. The van der Waals surface area contributed by atoms with Crippen LogP contribution in [0.3, 0.4) is 0 Å². The predicted molar refractivity (Wildman–Crippen MR) is 223 cm³/mol. The second-order valence-electron chi connectivity index (χ2n) is 21.0. The molecule has 3 aromatic heterocycles. The fraction of sp³-hybridized carbons (Fsp3) is 0.542. The van der Waals surface area contributed by atoms with Crippen molar-refractivity contribution in [1.82, 2.24) is 14.4 Å². The number of pyridine rings is 2. The fourth-order valence-electron chi connectivity index (χ4n) is 6.85. The largest absolute Gasteiger partial charge is 0.306 e. The standard InChI is InChI=1S/C17H24.C16H23N.C15H22N2/c1-16(2,3)13-9-7-12-8-10-15(14(12)11-13)17(4,5)6;1-15(2,3)11-9-12-13(16(4,5)6)7-8-14(12)17-10-11;1-14(2,3)11-7-8-17-10-16-13(12(17)9-11)15(4,5)6/h7,9-11H,8H2,1-6H3;7,9-10H,8H2,1-6H3;7-10H,1-6H3. The van der Waals surface area contributed by atoms with Crippen molar-refractivity contribution in [3.8, 4) is 0 Å². The molecule has 1 aromatic carbocycles. The highest BCUT2D eigenvalue weighted by molar-refractivity contribution is 5.77. The molecule has 0 amide bonds. The Kier molecular flexibility index (Phi) is 10.9. The lowest BCUT2D eigenvalue weighted by molar-refractivity contribution is 0.565. The van der Waals surface area contributed by atoms with Gasteiger partial charge in [0.25, 0.3) is 0 Å². The van der Waals surface area contributed by atoms with Crippen molar-refractivity contribution in [1.29, 1.82) is 0 Å². The van der Waals surface area contributed by atoms with Gasteiger partial charge in [-0.25, -0.2) is 4.98 Å². The molecule has 0 spiro atoms. The molecule has 51 heavy (non-hydrogen) atoms. The zero-order chi connectivity index (χ0) is 38.5. The van der Waals surface area contributed by atoms with E-state index >= 15 is 0 Å². The topological polar surface area (TPSA) is 30.2 Å². The second-order valence-corrected chi connectivity index (χ2v) is 21.0. The smallest absolute Gasteiger partial charge is 0.0995 e. The van der Waals surface area contributed by atoms with Crippen molar-refractivity contribution >= 4 is 16.7 Å². The molecule has 0 fully saturated rings. The maximum atomic E-state index is 4.64. The lowest BCUT2D eigenvalue weighted by Gasteiger charge is -2.25. The lowest BCUT2D eigenvalue weighted by Crippen LogP contribution is -2.14. The van der Waals surface area contributed by atoms with Crippen LogP contribution in [-0.2, 0) is 34.5 Å². The molecule has 2 aliphatic carbocycles. The summed E-state index contributed by atoms with van der Waals surface area (Å²) in [4.78, 5) is 9.19. The Hall–Kier alpha value is -3.46. The zero-order valence-electron chi connectivity index (χ0n) is 35.6. The molecule has 3 nitrogen and oxygen atoms in total. The minimum atomic E-state index is 0.0885. The lowest BCUT2D eigenvalue weighted by atomic mass is 9.80. The van der Waals surface area contributed by atoms with Gasteiger partial charge in [0.1, 0.15) is 0 Å². The Bertz CT molecular complexity index is 1830. The number of nitrogens with zero attached hydrogens (tertiary/aromatic N) is 3. The fourth-order valence-corrected chi connectivity index (χ4v) is 6.85. The molecule has 0 bridgehead atoms. The average molecular weight is 688 g/mol. The van der Waals surface area contributed by atoms with Gasteiger partial charge in [-0.1, -0.05) is 155 Å². The molecule has 6 rings (SSSR count). The third kappa shape index (κ3) is 9.51. The number of hydrogen-bond acceptors (Lipinski definition) is 2. The highest BCUT2D eigenvalue weighted by atomic mass is 15.0. The van der Waals surface area contributed by atoms with Gasteiger partial charge in [0, 0.05) is 29.8 Å². The summed E-state index contributed by atoms with van der Waals surface area (Å²) < 4.78 is 2.11. The molecular formula is C48H69N3. The number of benzene rings is 1. The van der Waals surface area contributed by atoms with Crippen LogP contribution in [0.2, 0.25) is 0 Å². The van der Waals surface area contributed by atoms with Gasteiger partial charge in [0.05, 0.1) is 23.2 Å². The predicted octanol–water partition coefficient (Wildman–Crippen LogP) is 13.3. The number of aromatic nitrogens is 3. The van der Waals surface area contributed by atoms with Gasteiger partial charge >= 0.3 is 0 Å². The van der Waals surface area contributed by atoms with Crippen molar-refractivity contribution < 1.29 is 0 Å². The first-order valence-corrected chi connectivity index (χ1v) is 19.1. The van der Waals surface area contributed by atoms with Crippen LogP contribution >= 0.6 is 0 Å². The summed E-state index contributed by atoms with van der Waals surface area (Å²) in [5.74, 6) is 0. The van der Waals surface area contributed by atoms with E-state index in [4.69, 9.17) is 0 Å². The van der Waals surface area contributed by atoms with Gasteiger partial charge in [-0.3, -0.25) is 4.98 Å². The maximum Gasteiger partial charge on any atom is 0.0995 e. The van der Waals surface area contributed by atoms with Crippen molar-refractivity contribution in [2.24, 2.45) is 10.8 Å². The molecule has 0 radical (unpaired) electrons. The quantitative estimate of drug-likeness (QED) is 0.184. The van der Waals surface area contributed by atoms with E-state index in [0.717, 1.165) is 12.8 Å². The molecule has 276 valence electrons. The summed E-state index contributed by atoms with van der Waals surface area (Å²) in [5.41, 5.74) is 16.2. The van der Waals surface area contributed by atoms with E-state index in [9.17, 15) is 0 Å². The third-order valence-electron chi connectivity index (χ3n) is 10.1. The van der Waals surface area contributed by atoms with E-state index < -0.39 is 0 Å². The van der Waals surface area contributed by atoms with Crippen LogP contribution in [0.4, 0.5) is 0 Å². The summed E-state index contributed by atoms with van der Waals surface area (Å²) in [5, 5.41) is 0. The van der Waals surface area contributed by atoms with E-state index in [1.807, 2.05) is 12.5 Å². The molecule has 0 aliphatic heterocycles. The Balaban J connectivity index is 0.000000172. The number of allylic oxidation sites excluding steroid dienone is 4. The molecule has 3 heterocycles. The van der Waals surface area contributed by atoms with Crippen LogP contribution < -0.4 is 0 Å². The van der Waals surface area contributed by atoms with E-state index in [1.165, 1.54) is 61.4 Å². The third-order valence-corrected chi connectivity index (χ3v) is 10.1. The van der Waals surface area contributed by atoms with E-state index in [0.29, 0.717) is 0 Å². The summed E-state index contributed by atoms with van der Waals surface area (Å²) in [6.07, 6.45) is 12.9. The van der Waals surface area contributed by atoms with E-state index in [1.54, 1.807) is 0 Å². The summed E-state index contributed by atoms with van der Waals surface area (Å²) in [6.45, 7) is 40.7. The second kappa shape index (κ2) is 13.8. The zero-order valence-corrected chi connectivity index (χ0v) is 35.6. The minimum Gasteiger partial charge on any atom is -0.306 e. The molecule has 0 unspecified atom stereocenters. The minimum absolute atomic E-state index is 0.0885. The summed E-state index contributed by atoms with van der Waals surface area (Å²) in [7, 11) is 0. The van der Waals surface area contributed by atoms with Crippen LogP contribution in [-0.4, -0.2) is 14.4 Å². The monoisotopic (exact) mass is 688 g/mol. The molecule has 0 saturated carbocycles. The summed E-state index contributed by atoms with van der Waals surface area (Å²) >= 11 is 0. The van der Waals surface area contributed by atoms with Gasteiger partial charge in [0.2, 0.25) is 0 Å². The maximum absolute atomic E-state index is 4.64. The number of fused-ring (bicyclic) bond motifs is 3. The van der Waals surface area contributed by atoms with Crippen molar-refractivity contribution in [2.75, 3.05) is 0 Å². The van der Waals surface area contributed by atoms with Gasteiger partial charge in [0.15, 0.2) is 0 Å². The molecule has 3 heteroatoms. The molecule has 0 saturated heterocycles. The molecule has 2 aliphatic rings. The number of imidazole rings is 1. The van der Waals surface area contributed by atoms with Gasteiger partial charge in [-0.15, -0.1) is 0 Å². The molecular weight excluding hydrogens is 619 g/mol. The first-order valence-electron chi connectivity index (χ1n) is 19.1. The number of rotatable bonds is 0. The average Bonchev–Trinajstić information content (AvgIpc) is 3.71. The van der Waals surface area contributed by atoms with E-state index in [2.05, 4.69) is 194 Å². The van der Waals surface area contributed by atoms with E-state index in [-0.39, 0.29) is 32.5 Å². The van der Waals surface area contributed by atoms with Crippen LogP contribution in [0.1, 0.15) is 169 Å². The summed E-state index contributed by atoms with van der Waals surface area (Å²) in [6, 6.07) is 13.8. The Morgan fingerprint density at radius 2 is 1.00 bits per heavy atom. The normalized spacial score (nSPS) is 14.9. The molecule has 4 aromatic rings. The molecule has 0 N–H and O–H groups in total. The number of hydrogen-bond donors (Lipinski definition) is 0. The van der Waals surface area contributed by atoms with Crippen LogP contribution in [0.25, 0.3) is 16.7 Å². The van der Waals surface area contributed by atoms with Gasteiger partial charge < -0.3 is 4.40 Å². The van der Waals surface area contributed by atoms with Crippen molar-refractivity contribution in [3.05, 3.63) is 112 Å². The van der Waals surface area contributed by atoms with Gasteiger partial charge in [-0.2, -0.15) is 0 Å². The van der Waals surface area contributed by atoms with Gasteiger partial charge in [-0.05, 0) is 90.7 Å². The highest BCUT2D eigenvalue weighted by Crippen LogP contribution is 2.42. The van der Waals surface area contributed by atoms with Crippen LogP contribution in [0, 0.1) is 10.8 Å². The van der Waals surface area contributed by atoms with Crippen LogP contribution in [0.5, 0.6) is 0 Å².